The molecule has 3 rings (SSSR count). The summed E-state index contributed by atoms with van der Waals surface area (Å²) in [5, 5.41) is 0.780. The van der Waals surface area contributed by atoms with Crippen LogP contribution in [0, 0.1) is 0 Å². The number of anilines is 1. The zero-order valence-electron chi connectivity index (χ0n) is 13.3. The van der Waals surface area contributed by atoms with Crippen LogP contribution in [0.4, 0.5) is 14.7 Å². The largest absolute Gasteiger partial charge is 0.481 e. The highest BCUT2D eigenvalue weighted by atomic mass is 79.9. The topological polar surface area (TPSA) is 89.1 Å². The van der Waals surface area contributed by atoms with Gasteiger partial charge in [-0.25, -0.2) is 18.0 Å². The Morgan fingerprint density at radius 2 is 2.23 bits per heavy atom. The Morgan fingerprint density at radius 1 is 1.42 bits per heavy atom. The van der Waals surface area contributed by atoms with Gasteiger partial charge in [0.05, 0.1) is 18.2 Å². The number of H-pyrrole nitrogens is 1. The van der Waals surface area contributed by atoms with Gasteiger partial charge in [-0.05, 0) is 12.1 Å². The van der Waals surface area contributed by atoms with Gasteiger partial charge in [0, 0.05) is 21.6 Å². The molecule has 26 heavy (non-hydrogen) atoms. The van der Waals surface area contributed by atoms with Crippen LogP contribution in [-0.4, -0.2) is 39.3 Å². The van der Waals surface area contributed by atoms with Gasteiger partial charge in [0.2, 0.25) is 5.95 Å². The van der Waals surface area contributed by atoms with Crippen molar-refractivity contribution in [3.8, 4) is 11.6 Å². The lowest BCUT2D eigenvalue weighted by Gasteiger charge is -2.10. The molecule has 0 spiro atoms. The molecule has 2 heterocycles. The maximum atomic E-state index is 12.6. The molecule has 2 N–H and O–H groups in total. The van der Waals surface area contributed by atoms with Crippen LogP contribution in [0.25, 0.3) is 10.9 Å². The molecule has 0 radical (unpaired) electrons. The molecule has 3 aromatic rings. The number of halogens is 3. The van der Waals surface area contributed by atoms with E-state index >= 15 is 0 Å². The summed E-state index contributed by atoms with van der Waals surface area (Å²) in [6, 6.07) is 5.53. The lowest BCUT2D eigenvalue weighted by Crippen LogP contribution is -2.11. The number of alkyl halides is 2. The highest BCUT2D eigenvalue weighted by molar-refractivity contribution is 9.10. The predicted molar refractivity (Wildman–Crippen MR) is 96.1 cm³/mol. The summed E-state index contributed by atoms with van der Waals surface area (Å²) in [5.74, 6) is -0.0554. The van der Waals surface area contributed by atoms with E-state index in [9.17, 15) is 13.0 Å². The highest BCUT2D eigenvalue weighted by Gasteiger charge is 2.15. The number of hydrogen-bond acceptors (Lipinski definition) is 5. The molecule has 1 unspecified atom stereocenters. The van der Waals surface area contributed by atoms with Crippen molar-refractivity contribution in [1.82, 2.24) is 15.0 Å². The quantitative estimate of drug-likeness (QED) is 0.579. The number of nitrogens with one attached hydrogen (secondary N) is 2. The first-order valence-electron chi connectivity index (χ1n) is 7.25. The summed E-state index contributed by atoms with van der Waals surface area (Å²) < 4.78 is 50.5. The molecule has 0 aliphatic rings. The number of fused-ring (bicyclic) bond motifs is 1. The second kappa shape index (κ2) is 7.96. The molecule has 11 heteroatoms. The predicted octanol–water partition coefficient (Wildman–Crippen LogP) is 3.51. The number of rotatable bonds is 7. The van der Waals surface area contributed by atoms with Crippen LogP contribution >= 0.6 is 15.9 Å². The molecule has 0 fully saturated rings. The SMILES string of the molecule is COc1nc(NS(=O)c2c[nH]c3cc(Br)ccc23)ncc1OCC(F)F. The van der Waals surface area contributed by atoms with Crippen LogP contribution in [0.2, 0.25) is 0 Å². The molecule has 0 bridgehead atoms. The van der Waals surface area contributed by atoms with E-state index in [1.165, 1.54) is 13.3 Å². The van der Waals surface area contributed by atoms with Gasteiger partial charge in [-0.2, -0.15) is 4.98 Å². The average molecular weight is 447 g/mol. The normalized spacial score (nSPS) is 12.3. The number of benzene rings is 1. The van der Waals surface area contributed by atoms with Crippen molar-refractivity contribution < 1.29 is 22.5 Å². The van der Waals surface area contributed by atoms with Crippen molar-refractivity contribution in [3.63, 3.8) is 0 Å². The number of aromatic nitrogens is 3. The van der Waals surface area contributed by atoms with E-state index in [1.54, 1.807) is 6.20 Å². The molecule has 0 amide bonds. The van der Waals surface area contributed by atoms with Crippen molar-refractivity contribution in [3.05, 3.63) is 35.1 Å². The van der Waals surface area contributed by atoms with Gasteiger partial charge in [-0.3, -0.25) is 4.72 Å². The number of hydrogen-bond donors (Lipinski definition) is 2. The zero-order chi connectivity index (χ0) is 18.7. The van der Waals surface area contributed by atoms with E-state index < -0.39 is 24.0 Å². The van der Waals surface area contributed by atoms with E-state index in [-0.39, 0.29) is 17.6 Å². The number of methoxy groups -OCH3 is 1. The van der Waals surface area contributed by atoms with Crippen LogP contribution in [0.15, 0.2) is 40.0 Å². The van der Waals surface area contributed by atoms with Crippen molar-refractivity contribution in [2.24, 2.45) is 0 Å². The highest BCUT2D eigenvalue weighted by Crippen LogP contribution is 2.27. The molecule has 2 aromatic heterocycles. The number of aromatic amines is 1. The fourth-order valence-electron chi connectivity index (χ4n) is 2.17. The minimum atomic E-state index is -2.63. The van der Waals surface area contributed by atoms with Gasteiger partial charge in [-0.15, -0.1) is 0 Å². The molecule has 1 aromatic carbocycles. The van der Waals surface area contributed by atoms with Crippen molar-refractivity contribution >= 4 is 43.8 Å². The van der Waals surface area contributed by atoms with Crippen LogP contribution in [-0.2, 0) is 11.0 Å². The molecule has 7 nitrogen and oxygen atoms in total. The van der Waals surface area contributed by atoms with Crippen molar-refractivity contribution in [2.75, 3.05) is 18.4 Å². The van der Waals surface area contributed by atoms with Gasteiger partial charge in [0.1, 0.15) is 6.61 Å². The van der Waals surface area contributed by atoms with Crippen molar-refractivity contribution in [2.45, 2.75) is 11.3 Å². The van der Waals surface area contributed by atoms with Crippen molar-refractivity contribution in [1.29, 1.82) is 0 Å². The third-order valence-corrected chi connectivity index (χ3v) is 4.87. The maximum Gasteiger partial charge on any atom is 0.272 e. The molecule has 0 saturated heterocycles. The Labute approximate surface area is 157 Å². The van der Waals surface area contributed by atoms with E-state index in [1.807, 2.05) is 18.2 Å². The Balaban J connectivity index is 1.80. The minimum Gasteiger partial charge on any atom is -0.481 e. The molecule has 1 atom stereocenters. The summed E-state index contributed by atoms with van der Waals surface area (Å²) in [6.07, 6.45) is 0.171. The third-order valence-electron chi connectivity index (χ3n) is 3.27. The monoisotopic (exact) mass is 446 g/mol. The number of ether oxygens (including phenoxy) is 2. The van der Waals surface area contributed by atoms with Gasteiger partial charge in [0.15, 0.2) is 16.7 Å². The molecular weight excluding hydrogens is 434 g/mol. The second-order valence-corrected chi connectivity index (χ2v) is 7.08. The zero-order valence-corrected chi connectivity index (χ0v) is 15.7. The van der Waals surface area contributed by atoms with Crippen LogP contribution in [0.5, 0.6) is 11.6 Å². The Bertz CT molecular complexity index is 954. The van der Waals surface area contributed by atoms with Gasteiger partial charge >= 0.3 is 0 Å². The third kappa shape index (κ3) is 4.10. The van der Waals surface area contributed by atoms with Gasteiger partial charge in [0.25, 0.3) is 12.3 Å². The smallest absolute Gasteiger partial charge is 0.272 e. The summed E-state index contributed by atoms with van der Waals surface area (Å²) in [7, 11) is -0.335. The van der Waals surface area contributed by atoms with E-state index in [4.69, 9.17) is 9.47 Å². The van der Waals surface area contributed by atoms with Crippen LogP contribution in [0.1, 0.15) is 0 Å². The number of nitrogens with zero attached hydrogens (tertiary/aromatic N) is 2. The minimum absolute atomic E-state index is 0.0102. The molecule has 0 aliphatic carbocycles. The van der Waals surface area contributed by atoms with Gasteiger partial charge < -0.3 is 14.5 Å². The second-order valence-electron chi connectivity index (χ2n) is 4.98. The first-order chi connectivity index (χ1) is 12.5. The van der Waals surface area contributed by atoms with Crippen LogP contribution in [0.3, 0.4) is 0 Å². The maximum absolute atomic E-state index is 12.6. The summed E-state index contributed by atoms with van der Waals surface area (Å²) in [6.45, 7) is -0.802. The molecule has 0 saturated carbocycles. The molecular formula is C15H13BrF2N4O3S. The summed E-state index contributed by atoms with van der Waals surface area (Å²) in [4.78, 5) is 11.5. The lowest BCUT2D eigenvalue weighted by molar-refractivity contribution is 0.0799. The van der Waals surface area contributed by atoms with Gasteiger partial charge in [-0.1, -0.05) is 22.0 Å². The molecule has 0 aliphatic heterocycles. The first kappa shape index (κ1) is 18.5. The molecule has 138 valence electrons. The van der Waals surface area contributed by atoms with E-state index in [0.717, 1.165) is 15.4 Å². The van der Waals surface area contributed by atoms with E-state index in [0.29, 0.717) is 4.90 Å². The lowest BCUT2D eigenvalue weighted by atomic mass is 10.2. The van der Waals surface area contributed by atoms with E-state index in [2.05, 4.69) is 35.6 Å². The average Bonchev–Trinajstić information content (AvgIpc) is 3.03. The van der Waals surface area contributed by atoms with Crippen LogP contribution < -0.4 is 14.2 Å². The Hall–Kier alpha value is -2.27. The fourth-order valence-corrected chi connectivity index (χ4v) is 3.44. The standard InChI is InChI=1S/C15H13BrF2N4O3S/c1-24-14-11(25-7-13(17)18)5-20-15(21-14)22-26(23)12-6-19-10-4-8(16)2-3-9(10)12/h2-6,13,19H,7H2,1H3,(H,20,21,22). The summed E-state index contributed by atoms with van der Waals surface area (Å²) in [5.41, 5.74) is 0.818. The Kier molecular flexibility index (Phi) is 5.67. The first-order valence-corrected chi connectivity index (χ1v) is 9.19. The summed E-state index contributed by atoms with van der Waals surface area (Å²) >= 11 is 3.37. The Morgan fingerprint density at radius 3 is 2.96 bits per heavy atom. The fraction of sp³-hybridized carbons (Fsp3) is 0.200.